The third kappa shape index (κ3) is 1.19. The molecule has 0 unspecified atom stereocenters. The monoisotopic (exact) mass is 190 g/mol. The van der Waals surface area contributed by atoms with Crippen molar-refractivity contribution >= 4 is 5.69 Å². The first-order valence-corrected chi connectivity index (χ1v) is 4.06. The van der Waals surface area contributed by atoms with Crippen LogP contribution in [0.5, 0.6) is 0 Å². The zero-order chi connectivity index (χ0) is 10.2. The van der Waals surface area contributed by atoms with Gasteiger partial charge in [0.2, 0.25) is 0 Å². The highest BCUT2D eigenvalue weighted by Crippen LogP contribution is 2.45. The van der Waals surface area contributed by atoms with Crippen molar-refractivity contribution in [1.29, 1.82) is 5.26 Å². The van der Waals surface area contributed by atoms with Crippen LogP contribution in [0.4, 0.5) is 5.69 Å². The lowest BCUT2D eigenvalue weighted by molar-refractivity contribution is -0.385. The quantitative estimate of drug-likeness (QED) is 0.511. The second-order valence-electron chi connectivity index (χ2n) is 3.22. The summed E-state index contributed by atoms with van der Waals surface area (Å²) < 4.78 is 0. The van der Waals surface area contributed by atoms with Gasteiger partial charge in [-0.15, -0.1) is 0 Å². The first-order chi connectivity index (χ1) is 6.68. The van der Waals surface area contributed by atoms with Crippen LogP contribution in [0.2, 0.25) is 0 Å². The molecule has 0 aromatic carbocycles. The summed E-state index contributed by atoms with van der Waals surface area (Å²) in [5.41, 5.74) is -0.725. The highest BCUT2D eigenvalue weighted by atomic mass is 16.6. The maximum atomic E-state index is 10.3. The van der Waals surface area contributed by atoms with Crippen LogP contribution in [0.3, 0.4) is 0 Å². The topological polar surface area (TPSA) is 92.7 Å². The Kier molecular flexibility index (Phi) is 1.67. The molecular formula is C8H6N4O2. The normalized spacial score (nSPS) is 17.1. The smallest absolute Gasteiger partial charge is 0.258 e. The van der Waals surface area contributed by atoms with E-state index in [4.69, 9.17) is 5.26 Å². The van der Waals surface area contributed by atoms with E-state index in [2.05, 4.69) is 16.0 Å². The van der Waals surface area contributed by atoms with Crippen LogP contribution < -0.4 is 0 Å². The van der Waals surface area contributed by atoms with Crippen molar-refractivity contribution in [2.75, 3.05) is 0 Å². The molecule has 2 rings (SSSR count). The summed E-state index contributed by atoms with van der Waals surface area (Å²) in [6, 6.07) is 2.12. The first kappa shape index (κ1) is 8.56. The standard InChI is InChI=1S/C8H6N4O2/c9-5-8(1-2-8)7-10-3-6(4-11-7)12(13)14/h3-4H,1-2H2. The average molecular weight is 190 g/mol. The fourth-order valence-electron chi connectivity index (χ4n) is 1.17. The molecule has 1 heterocycles. The highest BCUT2D eigenvalue weighted by Gasteiger charge is 2.47. The zero-order valence-corrected chi connectivity index (χ0v) is 7.17. The van der Waals surface area contributed by atoms with E-state index in [1.807, 2.05) is 0 Å². The molecule has 6 heteroatoms. The van der Waals surface area contributed by atoms with Gasteiger partial charge in [0.05, 0.1) is 11.0 Å². The van der Waals surface area contributed by atoms with Crippen molar-refractivity contribution in [3.63, 3.8) is 0 Å². The minimum Gasteiger partial charge on any atom is -0.258 e. The lowest BCUT2D eigenvalue weighted by Crippen LogP contribution is -2.08. The summed E-state index contributed by atoms with van der Waals surface area (Å²) in [6.07, 6.45) is 3.75. The van der Waals surface area contributed by atoms with Gasteiger partial charge >= 0.3 is 5.69 Å². The van der Waals surface area contributed by atoms with Gasteiger partial charge in [0.1, 0.15) is 23.6 Å². The van der Waals surface area contributed by atoms with Gasteiger partial charge in [0.25, 0.3) is 0 Å². The fraction of sp³-hybridized carbons (Fsp3) is 0.375. The molecule has 0 aliphatic heterocycles. The van der Waals surface area contributed by atoms with E-state index in [9.17, 15) is 10.1 Å². The summed E-state index contributed by atoms with van der Waals surface area (Å²) in [5, 5.41) is 19.1. The van der Waals surface area contributed by atoms with Crippen LogP contribution in [0.1, 0.15) is 18.7 Å². The van der Waals surface area contributed by atoms with Crippen LogP contribution in [-0.2, 0) is 5.41 Å². The third-order valence-electron chi connectivity index (χ3n) is 2.24. The predicted octanol–water partition coefficient (Wildman–Crippen LogP) is 0.940. The molecule has 0 radical (unpaired) electrons. The van der Waals surface area contributed by atoms with Crippen LogP contribution in [0, 0.1) is 21.4 Å². The summed E-state index contributed by atoms with van der Waals surface area (Å²) in [7, 11) is 0. The Labute approximate surface area is 79.4 Å². The van der Waals surface area contributed by atoms with Crippen LogP contribution in [0.25, 0.3) is 0 Å². The molecule has 0 saturated heterocycles. The number of aromatic nitrogens is 2. The minimum atomic E-state index is -0.574. The Morgan fingerprint density at radius 2 is 2.07 bits per heavy atom. The molecule has 0 atom stereocenters. The fourth-order valence-corrected chi connectivity index (χ4v) is 1.17. The second-order valence-corrected chi connectivity index (χ2v) is 3.22. The molecule has 1 aromatic heterocycles. The maximum absolute atomic E-state index is 10.3. The molecule has 14 heavy (non-hydrogen) atoms. The Hall–Kier alpha value is -2.03. The van der Waals surface area contributed by atoms with Gasteiger partial charge in [-0.05, 0) is 12.8 Å². The van der Waals surface area contributed by atoms with Crippen LogP contribution in [0.15, 0.2) is 12.4 Å². The minimum absolute atomic E-state index is 0.150. The number of hydrogen-bond donors (Lipinski definition) is 0. The van der Waals surface area contributed by atoms with E-state index < -0.39 is 10.3 Å². The number of nitrogens with zero attached hydrogens (tertiary/aromatic N) is 4. The zero-order valence-electron chi connectivity index (χ0n) is 7.17. The molecule has 1 saturated carbocycles. The van der Waals surface area contributed by atoms with Crippen molar-refractivity contribution in [2.24, 2.45) is 0 Å². The first-order valence-electron chi connectivity index (χ1n) is 4.06. The van der Waals surface area contributed by atoms with Gasteiger partial charge in [-0.2, -0.15) is 5.26 Å². The third-order valence-corrected chi connectivity index (χ3v) is 2.24. The molecule has 0 spiro atoms. The predicted molar refractivity (Wildman–Crippen MR) is 45.2 cm³/mol. The van der Waals surface area contributed by atoms with E-state index in [0.29, 0.717) is 5.82 Å². The molecule has 6 nitrogen and oxygen atoms in total. The average Bonchev–Trinajstić information content (AvgIpc) is 2.99. The molecule has 0 bridgehead atoms. The SMILES string of the molecule is N#CC1(c2ncc([N+](=O)[O-])cn2)CC1. The number of nitriles is 1. The van der Waals surface area contributed by atoms with Crippen molar-refractivity contribution in [1.82, 2.24) is 9.97 Å². The van der Waals surface area contributed by atoms with E-state index in [1.165, 1.54) is 0 Å². The Bertz CT molecular complexity index is 416. The van der Waals surface area contributed by atoms with Gasteiger partial charge in [-0.25, -0.2) is 9.97 Å². The van der Waals surface area contributed by atoms with Crippen LogP contribution in [-0.4, -0.2) is 14.9 Å². The van der Waals surface area contributed by atoms with Gasteiger partial charge in [0, 0.05) is 0 Å². The van der Waals surface area contributed by atoms with E-state index >= 15 is 0 Å². The molecule has 0 amide bonds. The van der Waals surface area contributed by atoms with E-state index in [0.717, 1.165) is 25.2 Å². The number of rotatable bonds is 2. The van der Waals surface area contributed by atoms with Crippen LogP contribution >= 0.6 is 0 Å². The Morgan fingerprint density at radius 3 is 2.43 bits per heavy atom. The second kappa shape index (κ2) is 2.73. The van der Waals surface area contributed by atoms with Gasteiger partial charge in [0.15, 0.2) is 0 Å². The lowest BCUT2D eigenvalue weighted by Gasteiger charge is -2.01. The largest absolute Gasteiger partial charge is 0.305 e. The van der Waals surface area contributed by atoms with E-state index in [-0.39, 0.29) is 5.69 Å². The van der Waals surface area contributed by atoms with Gasteiger partial charge < -0.3 is 0 Å². The maximum Gasteiger partial charge on any atom is 0.305 e. The molecular weight excluding hydrogens is 184 g/mol. The van der Waals surface area contributed by atoms with Crippen molar-refractivity contribution in [3.05, 3.63) is 28.3 Å². The molecule has 1 aliphatic carbocycles. The molecule has 1 fully saturated rings. The summed E-state index contributed by atoms with van der Waals surface area (Å²) in [6.45, 7) is 0. The molecule has 1 aromatic rings. The number of nitro groups is 1. The Morgan fingerprint density at radius 1 is 1.50 bits per heavy atom. The van der Waals surface area contributed by atoms with Crippen molar-refractivity contribution in [3.8, 4) is 6.07 Å². The highest BCUT2D eigenvalue weighted by molar-refractivity contribution is 5.31. The molecule has 0 N–H and O–H groups in total. The lowest BCUT2D eigenvalue weighted by atomic mass is 10.1. The van der Waals surface area contributed by atoms with Crippen molar-refractivity contribution < 1.29 is 4.92 Å². The molecule has 70 valence electrons. The number of hydrogen-bond acceptors (Lipinski definition) is 5. The van der Waals surface area contributed by atoms with Crippen molar-refractivity contribution in [2.45, 2.75) is 18.3 Å². The summed E-state index contributed by atoms with van der Waals surface area (Å²) >= 11 is 0. The summed E-state index contributed by atoms with van der Waals surface area (Å²) in [4.78, 5) is 17.4. The summed E-state index contributed by atoms with van der Waals surface area (Å²) in [5.74, 6) is 0.394. The van der Waals surface area contributed by atoms with Gasteiger partial charge in [-0.3, -0.25) is 10.1 Å². The van der Waals surface area contributed by atoms with Gasteiger partial charge in [-0.1, -0.05) is 0 Å². The van der Waals surface area contributed by atoms with E-state index in [1.54, 1.807) is 0 Å². The molecule has 1 aliphatic rings. The Balaban J connectivity index is 2.32.